The van der Waals surface area contributed by atoms with Crippen molar-refractivity contribution >= 4 is 34.0 Å². The van der Waals surface area contributed by atoms with Crippen LogP contribution >= 0.6 is 11.3 Å². The molecule has 0 bridgehead atoms. The minimum atomic E-state index is -0.563. The van der Waals surface area contributed by atoms with E-state index in [1.54, 1.807) is 6.92 Å². The second-order valence-electron chi connectivity index (χ2n) is 5.34. The van der Waals surface area contributed by atoms with Gasteiger partial charge in [-0.25, -0.2) is 4.98 Å². The Balaban J connectivity index is 2.08. The molecule has 0 aliphatic heterocycles. The third-order valence-corrected chi connectivity index (χ3v) is 4.57. The summed E-state index contributed by atoms with van der Waals surface area (Å²) in [4.78, 5) is 41.5. The first-order valence-corrected chi connectivity index (χ1v) is 8.41. The van der Waals surface area contributed by atoms with Crippen LogP contribution in [0.25, 0.3) is 0 Å². The van der Waals surface area contributed by atoms with E-state index in [4.69, 9.17) is 0 Å². The Morgan fingerprint density at radius 2 is 2.08 bits per heavy atom. The molecule has 0 aliphatic carbocycles. The Bertz CT molecular complexity index is 799. The minimum Gasteiger partial charge on any atom is -0.330 e. The van der Waals surface area contributed by atoms with E-state index in [0.717, 1.165) is 10.6 Å². The highest BCUT2D eigenvalue weighted by atomic mass is 32.1. The van der Waals surface area contributed by atoms with Gasteiger partial charge in [0, 0.05) is 29.1 Å². The second-order valence-corrected chi connectivity index (χ2v) is 6.54. The van der Waals surface area contributed by atoms with Crippen LogP contribution in [0.15, 0.2) is 24.3 Å². The van der Waals surface area contributed by atoms with Crippen LogP contribution < -0.4 is 5.32 Å². The number of aromatic nitrogens is 1. The number of hydrogen-bond acceptors (Lipinski definition) is 6. The number of nitrogens with one attached hydrogen (secondary N) is 1. The number of nitro groups is 1. The van der Waals surface area contributed by atoms with E-state index in [1.807, 2.05) is 13.8 Å². The molecule has 1 heterocycles. The van der Waals surface area contributed by atoms with Crippen molar-refractivity contribution in [2.24, 2.45) is 0 Å². The first-order valence-electron chi connectivity index (χ1n) is 7.59. The topological polar surface area (TPSA) is 105 Å². The fourth-order valence-corrected chi connectivity index (χ4v) is 2.95. The lowest BCUT2D eigenvalue weighted by Crippen LogP contribution is -2.37. The number of likely N-dealkylation sites (N-methyl/N-ethyl adjacent to an activating group) is 1. The number of thiazole rings is 1. The maximum Gasteiger partial charge on any atom is 0.270 e. The summed E-state index contributed by atoms with van der Waals surface area (Å²) in [7, 11) is 0. The maximum atomic E-state index is 12.5. The first-order chi connectivity index (χ1) is 11.8. The number of non-ortho nitro benzene ring substituents is 1. The first kappa shape index (κ1) is 18.5. The molecule has 0 unspecified atom stereocenters. The van der Waals surface area contributed by atoms with Gasteiger partial charge in [-0.15, -0.1) is 11.3 Å². The van der Waals surface area contributed by atoms with E-state index in [9.17, 15) is 19.7 Å². The molecule has 9 heteroatoms. The number of rotatable bonds is 6. The van der Waals surface area contributed by atoms with E-state index in [1.165, 1.54) is 40.5 Å². The molecule has 0 saturated carbocycles. The van der Waals surface area contributed by atoms with Gasteiger partial charge in [-0.1, -0.05) is 6.07 Å². The van der Waals surface area contributed by atoms with Gasteiger partial charge in [0.2, 0.25) is 5.91 Å². The number of carbonyl (C=O) groups excluding carboxylic acids is 2. The average Bonchev–Trinajstić information content (AvgIpc) is 2.89. The number of amides is 2. The normalized spacial score (nSPS) is 10.4. The van der Waals surface area contributed by atoms with E-state index in [0.29, 0.717) is 11.7 Å². The van der Waals surface area contributed by atoms with Gasteiger partial charge < -0.3 is 10.2 Å². The van der Waals surface area contributed by atoms with Gasteiger partial charge in [0.25, 0.3) is 11.6 Å². The Morgan fingerprint density at radius 1 is 1.36 bits per heavy atom. The van der Waals surface area contributed by atoms with E-state index >= 15 is 0 Å². The minimum absolute atomic E-state index is 0.157. The van der Waals surface area contributed by atoms with E-state index in [-0.39, 0.29) is 23.7 Å². The van der Waals surface area contributed by atoms with Crippen molar-refractivity contribution in [3.63, 3.8) is 0 Å². The van der Waals surface area contributed by atoms with Crippen LogP contribution in [0.3, 0.4) is 0 Å². The van der Waals surface area contributed by atoms with Crippen molar-refractivity contribution in [1.82, 2.24) is 9.88 Å². The number of nitro benzene ring substituents is 1. The molecule has 0 spiro atoms. The van der Waals surface area contributed by atoms with Crippen LogP contribution in [-0.4, -0.2) is 39.7 Å². The number of aryl methyl sites for hydroxylation is 2. The summed E-state index contributed by atoms with van der Waals surface area (Å²) in [6.45, 7) is 5.64. The summed E-state index contributed by atoms with van der Waals surface area (Å²) in [6, 6.07) is 5.45. The molecule has 0 aliphatic rings. The van der Waals surface area contributed by atoms with Crippen LogP contribution in [0.2, 0.25) is 0 Å². The van der Waals surface area contributed by atoms with Crippen molar-refractivity contribution in [3.8, 4) is 0 Å². The monoisotopic (exact) mass is 362 g/mol. The summed E-state index contributed by atoms with van der Waals surface area (Å²) in [5.74, 6) is -0.803. The second kappa shape index (κ2) is 7.84. The summed E-state index contributed by atoms with van der Waals surface area (Å²) in [5, 5.41) is 14.0. The van der Waals surface area contributed by atoms with E-state index < -0.39 is 10.8 Å². The zero-order valence-corrected chi connectivity index (χ0v) is 14.9. The Labute approximate surface area is 148 Å². The summed E-state index contributed by atoms with van der Waals surface area (Å²) < 4.78 is 0. The lowest BCUT2D eigenvalue weighted by Gasteiger charge is -2.20. The lowest BCUT2D eigenvalue weighted by molar-refractivity contribution is -0.384. The summed E-state index contributed by atoms with van der Waals surface area (Å²) >= 11 is 1.37. The number of benzene rings is 1. The standard InChI is InChI=1S/C16H18N4O4S/c1-4-19(9-14(21)18-16-17-10(2)11(3)25-16)15(22)12-6-5-7-13(8-12)20(23)24/h5-8H,4,9H2,1-3H3,(H,17,18,21). The molecule has 2 aromatic rings. The maximum absolute atomic E-state index is 12.5. The molecule has 0 atom stereocenters. The molecule has 2 rings (SSSR count). The molecule has 25 heavy (non-hydrogen) atoms. The molecule has 1 aromatic carbocycles. The largest absolute Gasteiger partial charge is 0.330 e. The molecule has 8 nitrogen and oxygen atoms in total. The molecule has 0 fully saturated rings. The van der Waals surface area contributed by atoms with Crippen LogP contribution in [0.5, 0.6) is 0 Å². The molecular weight excluding hydrogens is 344 g/mol. The third kappa shape index (κ3) is 4.60. The van der Waals surface area contributed by atoms with Gasteiger partial charge in [0.05, 0.1) is 10.6 Å². The zero-order valence-electron chi connectivity index (χ0n) is 14.1. The quantitative estimate of drug-likeness (QED) is 0.628. The third-order valence-electron chi connectivity index (χ3n) is 3.58. The fraction of sp³-hybridized carbons (Fsp3) is 0.312. The van der Waals surface area contributed by atoms with Crippen molar-refractivity contribution < 1.29 is 14.5 Å². The molecule has 2 amide bonds. The summed E-state index contributed by atoms with van der Waals surface area (Å²) in [6.07, 6.45) is 0. The van der Waals surface area contributed by atoms with Gasteiger partial charge in [-0.05, 0) is 26.8 Å². The molecule has 0 saturated heterocycles. The van der Waals surface area contributed by atoms with E-state index in [2.05, 4.69) is 10.3 Å². The van der Waals surface area contributed by atoms with Crippen LogP contribution in [-0.2, 0) is 4.79 Å². The highest BCUT2D eigenvalue weighted by molar-refractivity contribution is 7.15. The molecule has 1 N–H and O–H groups in total. The molecular formula is C16H18N4O4S. The van der Waals surface area contributed by atoms with Gasteiger partial charge in [0.1, 0.15) is 6.54 Å². The number of hydrogen-bond donors (Lipinski definition) is 1. The zero-order chi connectivity index (χ0) is 18.6. The van der Waals surface area contributed by atoms with Crippen molar-refractivity contribution in [2.45, 2.75) is 20.8 Å². The number of carbonyl (C=O) groups is 2. The average molecular weight is 362 g/mol. The highest BCUT2D eigenvalue weighted by Crippen LogP contribution is 2.21. The predicted molar refractivity (Wildman–Crippen MR) is 94.9 cm³/mol. The Morgan fingerprint density at radius 3 is 2.64 bits per heavy atom. The van der Waals surface area contributed by atoms with Crippen molar-refractivity contribution in [1.29, 1.82) is 0 Å². The van der Waals surface area contributed by atoms with Crippen LogP contribution in [0, 0.1) is 24.0 Å². The van der Waals surface area contributed by atoms with Crippen LogP contribution in [0.1, 0.15) is 27.9 Å². The molecule has 132 valence electrons. The molecule has 0 radical (unpaired) electrons. The number of anilines is 1. The SMILES string of the molecule is CCN(CC(=O)Nc1nc(C)c(C)s1)C(=O)c1cccc([N+](=O)[O-])c1. The highest BCUT2D eigenvalue weighted by Gasteiger charge is 2.20. The van der Waals surface area contributed by atoms with Gasteiger partial charge >= 0.3 is 0 Å². The summed E-state index contributed by atoms with van der Waals surface area (Å²) in [5.41, 5.74) is 0.852. The van der Waals surface area contributed by atoms with Crippen LogP contribution in [0.4, 0.5) is 10.8 Å². The van der Waals surface area contributed by atoms with Gasteiger partial charge in [0.15, 0.2) is 5.13 Å². The van der Waals surface area contributed by atoms with Crippen molar-refractivity contribution in [2.75, 3.05) is 18.4 Å². The van der Waals surface area contributed by atoms with Gasteiger partial charge in [-0.3, -0.25) is 19.7 Å². The fourth-order valence-electron chi connectivity index (χ4n) is 2.12. The Kier molecular flexibility index (Phi) is 5.81. The smallest absolute Gasteiger partial charge is 0.270 e. The molecule has 1 aromatic heterocycles. The lowest BCUT2D eigenvalue weighted by atomic mass is 10.1. The van der Waals surface area contributed by atoms with Gasteiger partial charge in [-0.2, -0.15) is 0 Å². The predicted octanol–water partition coefficient (Wildman–Crippen LogP) is 2.77. The number of nitrogens with zero attached hydrogens (tertiary/aromatic N) is 3. The Hall–Kier alpha value is -2.81. The van der Waals surface area contributed by atoms with Crippen molar-refractivity contribution in [3.05, 3.63) is 50.5 Å².